The Morgan fingerprint density at radius 2 is 1.81 bits per heavy atom. The van der Waals surface area contributed by atoms with E-state index < -0.39 is 12.7 Å². The molecule has 1 N–H and O–H groups in total. The summed E-state index contributed by atoms with van der Waals surface area (Å²) in [6.45, 7) is -1.27. The summed E-state index contributed by atoms with van der Waals surface area (Å²) in [7, 11) is 0. The van der Waals surface area contributed by atoms with Gasteiger partial charge in [-0.25, -0.2) is 0 Å². The van der Waals surface area contributed by atoms with Crippen molar-refractivity contribution in [2.45, 2.75) is 19.6 Å². The largest absolute Gasteiger partial charge is 0.435 e. The van der Waals surface area contributed by atoms with Crippen molar-refractivity contribution in [2.24, 2.45) is 0 Å². The SMILES string of the molecule is CC(C(=O)Nc1ccc(OC(F)F)cc1)n1nnc(-c2ccccc2)n1. The molecule has 7 nitrogen and oxygen atoms in total. The third kappa shape index (κ3) is 4.18. The number of amides is 1. The minimum absolute atomic E-state index is 0.0106. The molecule has 0 aliphatic carbocycles. The van der Waals surface area contributed by atoms with E-state index in [0.717, 1.165) is 5.56 Å². The van der Waals surface area contributed by atoms with Crippen LogP contribution >= 0.6 is 0 Å². The smallest absolute Gasteiger partial charge is 0.387 e. The Balaban J connectivity index is 1.65. The van der Waals surface area contributed by atoms with Crippen molar-refractivity contribution in [1.29, 1.82) is 0 Å². The maximum atomic E-state index is 12.3. The number of hydrogen-bond donors (Lipinski definition) is 1. The summed E-state index contributed by atoms with van der Waals surface area (Å²) in [6, 6.07) is 14.2. The summed E-state index contributed by atoms with van der Waals surface area (Å²) < 4.78 is 28.5. The maximum absolute atomic E-state index is 12.3. The van der Waals surface area contributed by atoms with E-state index in [9.17, 15) is 13.6 Å². The number of alkyl halides is 2. The van der Waals surface area contributed by atoms with Crippen molar-refractivity contribution in [3.63, 3.8) is 0 Å². The molecular weight excluding hydrogens is 344 g/mol. The van der Waals surface area contributed by atoms with Gasteiger partial charge in [0.15, 0.2) is 0 Å². The molecule has 0 saturated carbocycles. The van der Waals surface area contributed by atoms with Gasteiger partial charge < -0.3 is 10.1 Å². The van der Waals surface area contributed by atoms with E-state index >= 15 is 0 Å². The summed E-state index contributed by atoms with van der Waals surface area (Å²) in [5, 5.41) is 14.7. The molecule has 0 radical (unpaired) electrons. The number of benzene rings is 2. The van der Waals surface area contributed by atoms with Crippen LogP contribution in [-0.2, 0) is 4.79 Å². The molecule has 0 aliphatic rings. The van der Waals surface area contributed by atoms with Gasteiger partial charge in [-0.2, -0.15) is 13.6 Å². The van der Waals surface area contributed by atoms with Crippen molar-refractivity contribution in [3.8, 4) is 17.1 Å². The van der Waals surface area contributed by atoms with E-state index in [1.807, 2.05) is 30.3 Å². The first-order chi connectivity index (χ1) is 12.5. The molecule has 9 heteroatoms. The molecule has 1 unspecified atom stereocenters. The summed E-state index contributed by atoms with van der Waals surface area (Å²) in [6.07, 6.45) is 0. The van der Waals surface area contributed by atoms with Crippen molar-refractivity contribution in [3.05, 3.63) is 54.6 Å². The lowest BCUT2D eigenvalue weighted by molar-refractivity contribution is -0.119. The predicted octanol–water partition coefficient (Wildman–Crippen LogP) is 3.14. The normalized spacial score (nSPS) is 12.0. The van der Waals surface area contributed by atoms with Crippen LogP contribution in [0.25, 0.3) is 11.4 Å². The molecular formula is C17H15F2N5O2. The first-order valence-electron chi connectivity index (χ1n) is 7.73. The number of anilines is 1. The molecule has 1 amide bonds. The number of carbonyl (C=O) groups is 1. The lowest BCUT2D eigenvalue weighted by Gasteiger charge is -2.11. The molecule has 26 heavy (non-hydrogen) atoms. The van der Waals surface area contributed by atoms with Gasteiger partial charge >= 0.3 is 6.61 Å². The minimum atomic E-state index is -2.90. The average molecular weight is 359 g/mol. The van der Waals surface area contributed by atoms with Gasteiger partial charge in [-0.15, -0.1) is 10.2 Å². The maximum Gasteiger partial charge on any atom is 0.387 e. The second-order valence-corrected chi connectivity index (χ2v) is 5.37. The summed E-state index contributed by atoms with van der Waals surface area (Å²) >= 11 is 0. The molecule has 134 valence electrons. The number of aromatic nitrogens is 4. The highest BCUT2D eigenvalue weighted by molar-refractivity contribution is 5.93. The number of rotatable bonds is 6. The molecule has 0 fully saturated rings. The van der Waals surface area contributed by atoms with Gasteiger partial charge in [0.25, 0.3) is 5.91 Å². The molecule has 1 heterocycles. The Bertz CT molecular complexity index is 868. The van der Waals surface area contributed by atoms with Crippen LogP contribution in [0.4, 0.5) is 14.5 Å². The quantitative estimate of drug-likeness (QED) is 0.731. The van der Waals surface area contributed by atoms with Gasteiger partial charge in [0.05, 0.1) is 0 Å². The highest BCUT2D eigenvalue weighted by Gasteiger charge is 2.19. The zero-order valence-electron chi connectivity index (χ0n) is 13.7. The number of hydrogen-bond acceptors (Lipinski definition) is 5. The van der Waals surface area contributed by atoms with E-state index in [4.69, 9.17) is 0 Å². The second kappa shape index (κ2) is 7.68. The van der Waals surface area contributed by atoms with Gasteiger partial charge in [-0.05, 0) is 36.4 Å². The first-order valence-corrected chi connectivity index (χ1v) is 7.73. The topological polar surface area (TPSA) is 81.9 Å². The van der Waals surface area contributed by atoms with Crippen LogP contribution in [0, 0.1) is 0 Å². The fourth-order valence-corrected chi connectivity index (χ4v) is 2.16. The van der Waals surface area contributed by atoms with E-state index in [0.29, 0.717) is 11.5 Å². The average Bonchev–Trinajstić information content (AvgIpc) is 3.13. The third-order valence-corrected chi connectivity index (χ3v) is 3.53. The zero-order valence-corrected chi connectivity index (χ0v) is 13.7. The van der Waals surface area contributed by atoms with Gasteiger partial charge in [0.2, 0.25) is 5.82 Å². The van der Waals surface area contributed by atoms with Crippen LogP contribution in [0.1, 0.15) is 13.0 Å². The van der Waals surface area contributed by atoms with Crippen molar-refractivity contribution < 1.29 is 18.3 Å². The number of carbonyl (C=O) groups excluding carboxylic acids is 1. The Kier molecular flexibility index (Phi) is 5.16. The molecule has 0 aliphatic heterocycles. The molecule has 1 aromatic heterocycles. The lowest BCUT2D eigenvalue weighted by Crippen LogP contribution is -2.25. The minimum Gasteiger partial charge on any atom is -0.435 e. The highest BCUT2D eigenvalue weighted by atomic mass is 19.3. The monoisotopic (exact) mass is 359 g/mol. The first kappa shape index (κ1) is 17.5. The highest BCUT2D eigenvalue weighted by Crippen LogP contribution is 2.19. The molecule has 0 spiro atoms. The Morgan fingerprint density at radius 1 is 1.12 bits per heavy atom. The molecule has 0 saturated heterocycles. The fraction of sp³-hybridized carbons (Fsp3) is 0.176. The summed E-state index contributed by atoms with van der Waals surface area (Å²) in [4.78, 5) is 13.5. The lowest BCUT2D eigenvalue weighted by atomic mass is 10.2. The van der Waals surface area contributed by atoms with Gasteiger partial charge in [-0.1, -0.05) is 30.3 Å². The van der Waals surface area contributed by atoms with E-state index in [2.05, 4.69) is 25.5 Å². The number of nitrogens with zero attached hydrogens (tertiary/aromatic N) is 4. The van der Waals surface area contributed by atoms with Crippen molar-refractivity contribution in [2.75, 3.05) is 5.32 Å². The van der Waals surface area contributed by atoms with E-state index in [1.54, 1.807) is 6.92 Å². The third-order valence-electron chi connectivity index (χ3n) is 3.53. The number of nitrogens with one attached hydrogen (secondary N) is 1. The Morgan fingerprint density at radius 3 is 2.46 bits per heavy atom. The fourth-order valence-electron chi connectivity index (χ4n) is 2.16. The zero-order chi connectivity index (χ0) is 18.5. The molecule has 3 rings (SSSR count). The van der Waals surface area contributed by atoms with Crippen LogP contribution in [-0.4, -0.2) is 32.7 Å². The summed E-state index contributed by atoms with van der Waals surface area (Å²) in [5.74, 6) is 0.0554. The Labute approximate surface area is 147 Å². The van der Waals surface area contributed by atoms with E-state index in [1.165, 1.54) is 29.1 Å². The van der Waals surface area contributed by atoms with Gasteiger partial charge in [0, 0.05) is 11.3 Å². The van der Waals surface area contributed by atoms with Gasteiger partial charge in [-0.3, -0.25) is 4.79 Å². The van der Waals surface area contributed by atoms with Crippen LogP contribution in [0.3, 0.4) is 0 Å². The van der Waals surface area contributed by atoms with Crippen LogP contribution in [0.2, 0.25) is 0 Å². The standard InChI is InChI=1S/C17H15F2N5O2/c1-11(24-22-15(21-23-24)12-5-3-2-4-6-12)16(25)20-13-7-9-14(10-8-13)26-17(18)19/h2-11,17H,1H3,(H,20,25). The molecule has 1 atom stereocenters. The van der Waals surface area contributed by atoms with Gasteiger partial charge in [0.1, 0.15) is 11.8 Å². The number of tetrazole rings is 1. The molecule has 3 aromatic rings. The van der Waals surface area contributed by atoms with Crippen molar-refractivity contribution >= 4 is 11.6 Å². The van der Waals surface area contributed by atoms with E-state index in [-0.39, 0.29) is 11.7 Å². The second-order valence-electron chi connectivity index (χ2n) is 5.37. The number of halogens is 2. The molecule has 2 aromatic carbocycles. The predicted molar refractivity (Wildman–Crippen MR) is 89.7 cm³/mol. The number of ether oxygens (including phenoxy) is 1. The molecule has 0 bridgehead atoms. The van der Waals surface area contributed by atoms with Crippen LogP contribution in [0.5, 0.6) is 5.75 Å². The van der Waals surface area contributed by atoms with Crippen molar-refractivity contribution in [1.82, 2.24) is 20.2 Å². The Hall–Kier alpha value is -3.36. The van der Waals surface area contributed by atoms with Crippen LogP contribution in [0.15, 0.2) is 54.6 Å². The summed E-state index contributed by atoms with van der Waals surface area (Å²) in [5.41, 5.74) is 1.23. The van der Waals surface area contributed by atoms with Crippen LogP contribution < -0.4 is 10.1 Å².